The van der Waals surface area contributed by atoms with Gasteiger partial charge in [-0.25, -0.2) is 4.79 Å². The summed E-state index contributed by atoms with van der Waals surface area (Å²) in [6.07, 6.45) is 0.681. The standard InChI is InChI=1S/C11H11ClO4/c1-5-3-6-4-7(11(13)14)10(15-2)8(12)9(6)16-5/h4-5H,3H2,1-2H3,(H,13,14). The summed E-state index contributed by atoms with van der Waals surface area (Å²) in [6, 6.07) is 1.56. The maximum atomic E-state index is 11.0. The Morgan fingerprint density at radius 3 is 2.94 bits per heavy atom. The first-order chi connectivity index (χ1) is 7.54. The highest BCUT2D eigenvalue weighted by molar-refractivity contribution is 6.34. The summed E-state index contributed by atoms with van der Waals surface area (Å²) >= 11 is 6.06. The van der Waals surface area contributed by atoms with Gasteiger partial charge >= 0.3 is 5.97 Å². The molecule has 0 amide bonds. The Morgan fingerprint density at radius 2 is 2.38 bits per heavy atom. The van der Waals surface area contributed by atoms with E-state index in [1.165, 1.54) is 7.11 Å². The fraction of sp³-hybridized carbons (Fsp3) is 0.364. The largest absolute Gasteiger partial charge is 0.494 e. The molecule has 1 aromatic carbocycles. The van der Waals surface area contributed by atoms with Crippen LogP contribution in [0.2, 0.25) is 5.02 Å². The molecule has 0 aliphatic carbocycles. The zero-order valence-corrected chi connectivity index (χ0v) is 9.67. The van der Waals surface area contributed by atoms with E-state index in [4.69, 9.17) is 26.2 Å². The van der Waals surface area contributed by atoms with Crippen molar-refractivity contribution in [1.29, 1.82) is 0 Å². The van der Waals surface area contributed by atoms with E-state index in [-0.39, 0.29) is 22.4 Å². The molecule has 16 heavy (non-hydrogen) atoms. The molecule has 0 radical (unpaired) electrons. The van der Waals surface area contributed by atoms with Crippen LogP contribution in [0.5, 0.6) is 11.5 Å². The molecule has 1 aliphatic heterocycles. The second kappa shape index (κ2) is 3.87. The molecule has 1 unspecified atom stereocenters. The molecule has 1 N–H and O–H groups in total. The van der Waals surface area contributed by atoms with Crippen molar-refractivity contribution in [1.82, 2.24) is 0 Å². The van der Waals surface area contributed by atoms with Crippen LogP contribution in [0.15, 0.2) is 6.07 Å². The molecule has 5 heteroatoms. The minimum atomic E-state index is -1.05. The molecule has 0 saturated heterocycles. The van der Waals surface area contributed by atoms with Gasteiger partial charge < -0.3 is 14.6 Å². The highest BCUT2D eigenvalue weighted by atomic mass is 35.5. The van der Waals surface area contributed by atoms with Crippen molar-refractivity contribution in [2.75, 3.05) is 7.11 Å². The number of carbonyl (C=O) groups is 1. The van der Waals surface area contributed by atoms with Gasteiger partial charge in [0.2, 0.25) is 0 Å². The van der Waals surface area contributed by atoms with E-state index in [0.717, 1.165) is 5.56 Å². The zero-order chi connectivity index (χ0) is 11.9. The molecule has 0 bridgehead atoms. The third kappa shape index (κ3) is 1.59. The monoisotopic (exact) mass is 242 g/mol. The topological polar surface area (TPSA) is 55.8 Å². The Morgan fingerprint density at radius 1 is 1.69 bits per heavy atom. The van der Waals surface area contributed by atoms with E-state index in [0.29, 0.717) is 12.2 Å². The maximum absolute atomic E-state index is 11.0. The van der Waals surface area contributed by atoms with Crippen molar-refractivity contribution in [2.45, 2.75) is 19.4 Å². The molecule has 1 aliphatic rings. The van der Waals surface area contributed by atoms with Crippen LogP contribution in [0.1, 0.15) is 22.8 Å². The summed E-state index contributed by atoms with van der Waals surface area (Å²) in [4.78, 5) is 11.0. The molecule has 1 aromatic rings. The SMILES string of the molecule is COc1c(C(=O)O)cc2c(c1Cl)OC(C)C2. The van der Waals surface area contributed by atoms with Crippen molar-refractivity contribution < 1.29 is 19.4 Å². The molecular weight excluding hydrogens is 232 g/mol. The summed E-state index contributed by atoms with van der Waals surface area (Å²) in [5, 5.41) is 9.28. The molecule has 4 nitrogen and oxygen atoms in total. The van der Waals surface area contributed by atoms with E-state index < -0.39 is 5.97 Å². The fourth-order valence-electron chi connectivity index (χ4n) is 1.86. The van der Waals surface area contributed by atoms with Crippen LogP contribution in [0.25, 0.3) is 0 Å². The molecular formula is C11H11ClO4. The van der Waals surface area contributed by atoms with Crippen molar-refractivity contribution in [2.24, 2.45) is 0 Å². The molecule has 0 aromatic heterocycles. The lowest BCUT2D eigenvalue weighted by Crippen LogP contribution is -2.05. The van der Waals surface area contributed by atoms with Crippen molar-refractivity contribution in [3.63, 3.8) is 0 Å². The molecule has 1 heterocycles. The molecule has 2 rings (SSSR count). The minimum Gasteiger partial charge on any atom is -0.494 e. The zero-order valence-electron chi connectivity index (χ0n) is 8.91. The van der Waals surface area contributed by atoms with Crippen LogP contribution >= 0.6 is 11.6 Å². The smallest absolute Gasteiger partial charge is 0.339 e. The summed E-state index contributed by atoms with van der Waals surface area (Å²) in [7, 11) is 1.39. The lowest BCUT2D eigenvalue weighted by molar-refractivity contribution is 0.0693. The quantitative estimate of drug-likeness (QED) is 0.865. The summed E-state index contributed by atoms with van der Waals surface area (Å²) in [6.45, 7) is 1.91. The van der Waals surface area contributed by atoms with Crippen molar-refractivity contribution >= 4 is 17.6 Å². The number of hydrogen-bond donors (Lipinski definition) is 1. The van der Waals surface area contributed by atoms with Gasteiger partial charge in [-0.2, -0.15) is 0 Å². The minimum absolute atomic E-state index is 0.0150. The van der Waals surface area contributed by atoms with E-state index in [9.17, 15) is 4.79 Å². The van der Waals surface area contributed by atoms with Gasteiger partial charge in [0.15, 0.2) is 5.75 Å². The van der Waals surface area contributed by atoms with Gasteiger partial charge in [-0.3, -0.25) is 0 Å². The number of carboxylic acids is 1. The van der Waals surface area contributed by atoms with Gasteiger partial charge in [0.25, 0.3) is 0 Å². The second-order valence-electron chi connectivity index (χ2n) is 3.70. The number of aromatic carboxylic acids is 1. The molecule has 0 saturated carbocycles. The second-order valence-corrected chi connectivity index (χ2v) is 4.08. The van der Waals surface area contributed by atoms with Gasteiger partial charge in [-0.15, -0.1) is 0 Å². The Kier molecular flexibility index (Phi) is 2.68. The Hall–Kier alpha value is -1.42. The van der Waals surface area contributed by atoms with Crippen LogP contribution in [-0.2, 0) is 6.42 Å². The number of halogens is 1. The summed E-state index contributed by atoms with van der Waals surface area (Å²) in [5.41, 5.74) is 0.889. The number of hydrogen-bond acceptors (Lipinski definition) is 3. The molecule has 1 atom stereocenters. The van der Waals surface area contributed by atoms with E-state index >= 15 is 0 Å². The lowest BCUT2D eigenvalue weighted by Gasteiger charge is -2.11. The van der Waals surface area contributed by atoms with Gasteiger partial charge in [0.05, 0.1) is 7.11 Å². The first-order valence-corrected chi connectivity index (χ1v) is 5.21. The maximum Gasteiger partial charge on any atom is 0.339 e. The van der Waals surface area contributed by atoms with Gasteiger partial charge in [-0.05, 0) is 13.0 Å². The van der Waals surface area contributed by atoms with Crippen LogP contribution in [0.3, 0.4) is 0 Å². The first-order valence-electron chi connectivity index (χ1n) is 4.84. The van der Waals surface area contributed by atoms with Crippen LogP contribution in [0, 0.1) is 0 Å². The van der Waals surface area contributed by atoms with Gasteiger partial charge in [0, 0.05) is 12.0 Å². The lowest BCUT2D eigenvalue weighted by atomic mass is 10.1. The Bertz CT molecular complexity index is 456. The van der Waals surface area contributed by atoms with E-state index in [1.807, 2.05) is 6.92 Å². The normalized spacial score (nSPS) is 17.8. The predicted molar refractivity (Wildman–Crippen MR) is 58.8 cm³/mol. The Labute approximate surface area is 97.7 Å². The number of carboxylic acid groups (broad SMARTS) is 1. The molecule has 86 valence electrons. The number of benzene rings is 1. The molecule has 0 fully saturated rings. The van der Waals surface area contributed by atoms with Crippen LogP contribution in [0.4, 0.5) is 0 Å². The van der Waals surface area contributed by atoms with E-state index in [2.05, 4.69) is 0 Å². The third-order valence-corrected chi connectivity index (χ3v) is 2.86. The predicted octanol–water partition coefficient (Wildman–Crippen LogP) is 2.37. The highest BCUT2D eigenvalue weighted by Gasteiger charge is 2.28. The molecule has 0 spiro atoms. The van der Waals surface area contributed by atoms with Gasteiger partial charge in [-0.1, -0.05) is 11.6 Å². The number of methoxy groups -OCH3 is 1. The summed E-state index contributed by atoms with van der Waals surface area (Å²) < 4.78 is 10.5. The average molecular weight is 243 g/mol. The third-order valence-electron chi connectivity index (χ3n) is 2.51. The number of ether oxygens (including phenoxy) is 2. The number of rotatable bonds is 2. The van der Waals surface area contributed by atoms with Crippen molar-refractivity contribution in [3.05, 3.63) is 22.2 Å². The van der Waals surface area contributed by atoms with Gasteiger partial charge in [0.1, 0.15) is 22.4 Å². The first kappa shape index (κ1) is 11.1. The van der Waals surface area contributed by atoms with E-state index in [1.54, 1.807) is 6.07 Å². The van der Waals surface area contributed by atoms with Crippen LogP contribution in [-0.4, -0.2) is 24.3 Å². The summed E-state index contributed by atoms with van der Waals surface area (Å²) in [5.74, 6) is -0.362. The average Bonchev–Trinajstić information content (AvgIpc) is 2.58. The fourth-order valence-corrected chi connectivity index (χ4v) is 2.20. The van der Waals surface area contributed by atoms with Crippen molar-refractivity contribution in [3.8, 4) is 11.5 Å². The highest BCUT2D eigenvalue weighted by Crippen LogP contribution is 2.43. The Balaban J connectivity index is 2.63. The number of fused-ring (bicyclic) bond motifs is 1. The van der Waals surface area contributed by atoms with Crippen LogP contribution < -0.4 is 9.47 Å².